The zero-order valence-corrected chi connectivity index (χ0v) is 8.68. The quantitative estimate of drug-likeness (QED) is 0.682. The lowest BCUT2D eigenvalue weighted by molar-refractivity contribution is -0.0863. The van der Waals surface area contributed by atoms with Crippen LogP contribution in [0.4, 0.5) is 0 Å². The molecule has 0 aromatic heterocycles. The number of hydrogen-bond acceptors (Lipinski definition) is 2. The predicted octanol–water partition coefficient (Wildman–Crippen LogP) is 2.27. The topological polar surface area (TPSA) is 29.5 Å². The van der Waals surface area contributed by atoms with E-state index in [0.717, 1.165) is 24.8 Å². The monoisotopic (exact) mass is 184 g/mol. The van der Waals surface area contributed by atoms with Gasteiger partial charge in [0, 0.05) is 12.8 Å². The summed E-state index contributed by atoms with van der Waals surface area (Å²) < 4.78 is 5.56. The lowest BCUT2D eigenvalue weighted by atomic mass is 9.84. The van der Waals surface area contributed by atoms with Crippen LogP contribution < -0.4 is 0 Å². The van der Waals surface area contributed by atoms with Crippen LogP contribution in [0.3, 0.4) is 0 Å². The lowest BCUT2D eigenvalue weighted by Crippen LogP contribution is -2.41. The molecule has 0 saturated carbocycles. The second-order valence-electron chi connectivity index (χ2n) is 4.05. The molecule has 13 heavy (non-hydrogen) atoms. The largest absolute Gasteiger partial charge is 0.385 e. The highest BCUT2D eigenvalue weighted by Crippen LogP contribution is 2.31. The molecule has 0 spiro atoms. The van der Waals surface area contributed by atoms with Gasteiger partial charge in [-0.2, -0.15) is 0 Å². The lowest BCUT2D eigenvalue weighted by Gasteiger charge is -2.37. The van der Waals surface area contributed by atoms with Gasteiger partial charge >= 0.3 is 0 Å². The van der Waals surface area contributed by atoms with Crippen LogP contribution in [0.5, 0.6) is 0 Å². The fourth-order valence-corrected chi connectivity index (χ4v) is 1.83. The molecule has 1 rings (SSSR count). The van der Waals surface area contributed by atoms with Gasteiger partial charge in [-0.15, -0.1) is 0 Å². The third-order valence-electron chi connectivity index (χ3n) is 2.84. The summed E-state index contributed by atoms with van der Waals surface area (Å²) >= 11 is 0. The second-order valence-corrected chi connectivity index (χ2v) is 4.05. The molecule has 0 aliphatic carbocycles. The molecular weight excluding hydrogens is 164 g/mol. The van der Waals surface area contributed by atoms with Crippen molar-refractivity contribution < 1.29 is 9.84 Å². The Morgan fingerprint density at radius 3 is 2.92 bits per heavy atom. The van der Waals surface area contributed by atoms with Crippen molar-refractivity contribution in [1.82, 2.24) is 0 Å². The maximum Gasteiger partial charge on any atom is 0.0898 e. The molecule has 1 heterocycles. The van der Waals surface area contributed by atoms with Crippen molar-refractivity contribution in [2.75, 3.05) is 6.61 Å². The molecule has 1 aliphatic rings. The first-order valence-corrected chi connectivity index (χ1v) is 5.08. The van der Waals surface area contributed by atoms with Crippen LogP contribution in [-0.4, -0.2) is 23.4 Å². The van der Waals surface area contributed by atoms with E-state index < -0.39 is 5.60 Å². The summed E-state index contributed by atoms with van der Waals surface area (Å²) in [5.41, 5.74) is 0.204. The Hall–Kier alpha value is -0.340. The van der Waals surface area contributed by atoms with Gasteiger partial charge in [0.1, 0.15) is 0 Å². The molecule has 1 saturated heterocycles. The highest BCUT2D eigenvalue weighted by atomic mass is 16.5. The second kappa shape index (κ2) is 4.25. The highest BCUT2D eigenvalue weighted by Gasteiger charge is 2.35. The molecule has 2 nitrogen and oxygen atoms in total. The summed E-state index contributed by atoms with van der Waals surface area (Å²) in [7, 11) is 0. The minimum absolute atomic E-state index is 0.223. The Balaban J connectivity index is 2.54. The highest BCUT2D eigenvalue weighted by molar-refractivity contribution is 5.11. The average molecular weight is 184 g/mol. The first-order chi connectivity index (χ1) is 6.08. The van der Waals surface area contributed by atoms with E-state index in [9.17, 15) is 5.11 Å². The molecule has 0 aromatic rings. The normalized spacial score (nSPS) is 34.5. The molecule has 76 valence electrons. The van der Waals surface area contributed by atoms with Gasteiger partial charge in [-0.25, -0.2) is 0 Å². The van der Waals surface area contributed by atoms with Crippen molar-refractivity contribution in [3.8, 4) is 0 Å². The summed E-state index contributed by atoms with van der Waals surface area (Å²) in [4.78, 5) is 0. The average Bonchev–Trinajstić information content (AvgIpc) is 2.04. The van der Waals surface area contributed by atoms with E-state index >= 15 is 0 Å². The van der Waals surface area contributed by atoms with E-state index in [1.165, 1.54) is 0 Å². The van der Waals surface area contributed by atoms with E-state index in [0.29, 0.717) is 13.0 Å². The standard InChI is InChI=1S/C11H20O2/c1-4-5-10-8-11(12,9(2)3)6-7-13-10/h10,12H,2,4-8H2,1,3H3. The SMILES string of the molecule is C=C(C)C1(O)CCOC(CCC)C1. The smallest absolute Gasteiger partial charge is 0.0898 e. The molecule has 2 unspecified atom stereocenters. The van der Waals surface area contributed by atoms with Gasteiger partial charge in [-0.1, -0.05) is 19.9 Å². The van der Waals surface area contributed by atoms with E-state index in [1.807, 2.05) is 6.92 Å². The summed E-state index contributed by atoms with van der Waals surface area (Å²) in [6.45, 7) is 8.53. The summed E-state index contributed by atoms with van der Waals surface area (Å²) in [6.07, 6.45) is 3.78. The third-order valence-corrected chi connectivity index (χ3v) is 2.84. The molecule has 2 atom stereocenters. The van der Waals surface area contributed by atoms with Crippen molar-refractivity contribution in [2.45, 2.75) is 51.2 Å². The Bertz CT molecular complexity index is 187. The number of rotatable bonds is 3. The van der Waals surface area contributed by atoms with E-state index in [2.05, 4.69) is 13.5 Å². The van der Waals surface area contributed by atoms with E-state index in [4.69, 9.17) is 4.74 Å². The van der Waals surface area contributed by atoms with Crippen molar-refractivity contribution >= 4 is 0 Å². The minimum atomic E-state index is -0.669. The van der Waals surface area contributed by atoms with Gasteiger partial charge in [-0.05, 0) is 18.9 Å². The Labute approximate surface area is 80.6 Å². The van der Waals surface area contributed by atoms with Crippen LogP contribution in [-0.2, 0) is 4.74 Å². The molecule has 0 radical (unpaired) electrons. The minimum Gasteiger partial charge on any atom is -0.385 e. The van der Waals surface area contributed by atoms with Gasteiger partial charge in [0.25, 0.3) is 0 Å². The van der Waals surface area contributed by atoms with Crippen LogP contribution in [0.25, 0.3) is 0 Å². The molecule has 0 bridgehead atoms. The number of ether oxygens (including phenoxy) is 1. The predicted molar refractivity (Wildman–Crippen MR) is 53.6 cm³/mol. The first-order valence-electron chi connectivity index (χ1n) is 5.08. The van der Waals surface area contributed by atoms with Crippen LogP contribution in [0.2, 0.25) is 0 Å². The molecule has 1 fully saturated rings. The van der Waals surface area contributed by atoms with Gasteiger partial charge in [0.05, 0.1) is 18.3 Å². The summed E-state index contributed by atoms with van der Waals surface area (Å²) in [5, 5.41) is 10.2. The van der Waals surface area contributed by atoms with Crippen molar-refractivity contribution in [1.29, 1.82) is 0 Å². The summed E-state index contributed by atoms with van der Waals surface area (Å²) in [5.74, 6) is 0. The van der Waals surface area contributed by atoms with Crippen molar-refractivity contribution in [3.05, 3.63) is 12.2 Å². The van der Waals surface area contributed by atoms with Crippen LogP contribution in [0.1, 0.15) is 39.5 Å². The van der Waals surface area contributed by atoms with Crippen molar-refractivity contribution in [2.24, 2.45) is 0 Å². The molecule has 1 aliphatic heterocycles. The number of hydrogen-bond donors (Lipinski definition) is 1. The fourth-order valence-electron chi connectivity index (χ4n) is 1.83. The van der Waals surface area contributed by atoms with Crippen molar-refractivity contribution in [3.63, 3.8) is 0 Å². The number of aliphatic hydroxyl groups is 1. The Morgan fingerprint density at radius 1 is 1.69 bits per heavy atom. The van der Waals surface area contributed by atoms with Gasteiger partial charge in [0.15, 0.2) is 0 Å². The van der Waals surface area contributed by atoms with Crippen LogP contribution >= 0.6 is 0 Å². The van der Waals surface area contributed by atoms with Crippen LogP contribution in [0, 0.1) is 0 Å². The molecular formula is C11H20O2. The maximum atomic E-state index is 10.2. The zero-order valence-electron chi connectivity index (χ0n) is 8.68. The third kappa shape index (κ3) is 2.55. The zero-order chi connectivity index (χ0) is 9.90. The Kier molecular flexibility index (Phi) is 3.51. The summed E-state index contributed by atoms with van der Waals surface area (Å²) in [6, 6.07) is 0. The molecule has 0 amide bonds. The first kappa shape index (κ1) is 10.7. The van der Waals surface area contributed by atoms with E-state index in [-0.39, 0.29) is 6.10 Å². The fraction of sp³-hybridized carbons (Fsp3) is 0.818. The van der Waals surface area contributed by atoms with Gasteiger partial charge < -0.3 is 9.84 Å². The molecule has 1 N–H and O–H groups in total. The van der Waals surface area contributed by atoms with E-state index in [1.54, 1.807) is 0 Å². The molecule has 2 heteroatoms. The van der Waals surface area contributed by atoms with Crippen LogP contribution in [0.15, 0.2) is 12.2 Å². The molecule has 0 aromatic carbocycles. The Morgan fingerprint density at radius 2 is 2.38 bits per heavy atom. The maximum absolute atomic E-state index is 10.2. The van der Waals surface area contributed by atoms with Gasteiger partial charge in [-0.3, -0.25) is 0 Å². The van der Waals surface area contributed by atoms with Gasteiger partial charge in [0.2, 0.25) is 0 Å².